The molecule has 12 heteroatoms. The second-order valence-electron chi connectivity index (χ2n) is 6.82. The summed E-state index contributed by atoms with van der Waals surface area (Å²) in [4.78, 5) is 11.8. The van der Waals surface area contributed by atoms with E-state index in [1.54, 1.807) is 43.3 Å². The molecule has 2 heterocycles. The number of pyridine rings is 1. The molecule has 0 amide bonds. The lowest BCUT2D eigenvalue weighted by Crippen LogP contribution is -2.18. The van der Waals surface area contributed by atoms with Crippen LogP contribution in [0.1, 0.15) is 23.6 Å². The molecule has 0 aliphatic rings. The van der Waals surface area contributed by atoms with Crippen molar-refractivity contribution >= 4 is 33.3 Å². The van der Waals surface area contributed by atoms with Gasteiger partial charge in [-0.25, -0.2) is 18.4 Å². The average Bonchev–Trinajstić information content (AvgIpc) is 2.74. The van der Waals surface area contributed by atoms with Gasteiger partial charge in [0.1, 0.15) is 17.2 Å². The molecule has 3 aromatic rings. The molecule has 170 valence electrons. The summed E-state index contributed by atoms with van der Waals surface area (Å²) in [5, 5.41) is 5.49. The lowest BCUT2D eigenvalue weighted by Gasteiger charge is -2.16. The number of para-hydroxylation sites is 1. The van der Waals surface area contributed by atoms with Crippen LogP contribution in [-0.2, 0) is 22.7 Å². The molecule has 0 unspecified atom stereocenters. The fourth-order valence-electron chi connectivity index (χ4n) is 2.69. The maximum atomic E-state index is 13.5. The van der Waals surface area contributed by atoms with Crippen LogP contribution < -0.4 is 15.4 Å². The predicted molar refractivity (Wildman–Crippen MR) is 116 cm³/mol. The third-order valence-electron chi connectivity index (χ3n) is 4.31. The van der Waals surface area contributed by atoms with E-state index in [1.165, 1.54) is 13.1 Å². The van der Waals surface area contributed by atoms with Gasteiger partial charge in [0.15, 0.2) is 0 Å². The van der Waals surface area contributed by atoms with Crippen LogP contribution in [0.2, 0.25) is 0 Å². The quantitative estimate of drug-likeness (QED) is 0.454. The number of hydrogen-bond donors (Lipinski definition) is 3. The third kappa shape index (κ3) is 6.06. The van der Waals surface area contributed by atoms with Crippen LogP contribution in [0, 0.1) is 6.92 Å². The zero-order valence-corrected chi connectivity index (χ0v) is 18.0. The summed E-state index contributed by atoms with van der Waals surface area (Å²) in [7, 11) is -3.62. The second-order valence-corrected chi connectivity index (χ2v) is 8.84. The van der Waals surface area contributed by atoms with Gasteiger partial charge >= 0.3 is 6.18 Å². The van der Waals surface area contributed by atoms with Crippen molar-refractivity contribution in [3.8, 4) is 0 Å². The molecule has 2 aromatic heterocycles. The van der Waals surface area contributed by atoms with Gasteiger partial charge in [0, 0.05) is 30.2 Å². The molecular formula is C20H21F3N6O2S. The highest BCUT2D eigenvalue weighted by Crippen LogP contribution is 2.34. The van der Waals surface area contributed by atoms with Crippen LogP contribution >= 0.6 is 0 Å². The first kappa shape index (κ1) is 23.3. The highest BCUT2D eigenvalue weighted by atomic mass is 32.2. The summed E-state index contributed by atoms with van der Waals surface area (Å²) in [6.07, 6.45) is -2.54. The SMILES string of the molecule is CCS(=O)(=O)Nc1ncc(C)cc1CNc1nc(Nc2ccccc2)ncc1C(F)(F)F. The van der Waals surface area contributed by atoms with Gasteiger partial charge in [0.25, 0.3) is 0 Å². The molecule has 3 N–H and O–H groups in total. The fourth-order valence-corrected chi connectivity index (χ4v) is 3.31. The summed E-state index contributed by atoms with van der Waals surface area (Å²) in [6.45, 7) is 3.05. The van der Waals surface area contributed by atoms with Crippen LogP contribution in [0.4, 0.5) is 36.4 Å². The first-order valence-corrected chi connectivity index (χ1v) is 11.2. The van der Waals surface area contributed by atoms with Crippen LogP contribution in [0.15, 0.2) is 48.8 Å². The molecule has 0 saturated heterocycles. The number of aryl methyl sites for hydroxylation is 1. The molecule has 0 aliphatic carbocycles. The summed E-state index contributed by atoms with van der Waals surface area (Å²) in [5.74, 6) is -0.610. The molecule has 8 nitrogen and oxygen atoms in total. The van der Waals surface area contributed by atoms with Crippen molar-refractivity contribution in [2.45, 2.75) is 26.6 Å². The van der Waals surface area contributed by atoms with E-state index in [4.69, 9.17) is 0 Å². The van der Waals surface area contributed by atoms with Crippen molar-refractivity contribution in [2.75, 3.05) is 21.1 Å². The summed E-state index contributed by atoms with van der Waals surface area (Å²) < 4.78 is 66.7. The van der Waals surface area contributed by atoms with Crippen molar-refractivity contribution in [3.63, 3.8) is 0 Å². The van der Waals surface area contributed by atoms with Gasteiger partial charge < -0.3 is 10.6 Å². The largest absolute Gasteiger partial charge is 0.421 e. The van der Waals surface area contributed by atoms with Crippen molar-refractivity contribution in [2.24, 2.45) is 0 Å². The number of anilines is 4. The Kier molecular flexibility index (Phi) is 6.82. The van der Waals surface area contributed by atoms with E-state index in [1.807, 2.05) is 0 Å². The number of sulfonamides is 1. The number of aromatic nitrogens is 3. The molecule has 0 fully saturated rings. The number of nitrogens with one attached hydrogen (secondary N) is 3. The van der Waals surface area contributed by atoms with Gasteiger partial charge in [-0.3, -0.25) is 4.72 Å². The second kappa shape index (κ2) is 9.39. The molecule has 0 atom stereocenters. The molecular weight excluding hydrogens is 445 g/mol. The van der Waals surface area contributed by atoms with E-state index in [9.17, 15) is 21.6 Å². The Balaban J connectivity index is 1.91. The zero-order valence-electron chi connectivity index (χ0n) is 17.2. The Labute approximate surface area is 183 Å². The number of halogens is 3. The lowest BCUT2D eigenvalue weighted by atomic mass is 10.2. The monoisotopic (exact) mass is 466 g/mol. The van der Waals surface area contributed by atoms with E-state index < -0.39 is 27.6 Å². The zero-order chi connectivity index (χ0) is 23.4. The normalized spacial score (nSPS) is 11.8. The summed E-state index contributed by atoms with van der Waals surface area (Å²) in [6, 6.07) is 10.4. The Morgan fingerprint density at radius 1 is 1.03 bits per heavy atom. The standard InChI is InChI=1S/C20H21F3N6O2S/c1-3-32(30,31)29-17-14(9-13(2)10-24-17)11-25-18-16(20(21,22)23)12-26-19(28-18)27-15-7-5-4-6-8-15/h4-10,12H,3,11H2,1-2H3,(H,24,29)(H2,25,26,27,28). The number of alkyl halides is 3. The van der Waals surface area contributed by atoms with Crippen LogP contribution in [0.3, 0.4) is 0 Å². The van der Waals surface area contributed by atoms with Crippen molar-refractivity contribution in [1.82, 2.24) is 15.0 Å². The first-order chi connectivity index (χ1) is 15.1. The highest BCUT2D eigenvalue weighted by Gasteiger charge is 2.35. The summed E-state index contributed by atoms with van der Waals surface area (Å²) in [5.41, 5.74) is 0.641. The van der Waals surface area contributed by atoms with Crippen molar-refractivity contribution in [3.05, 3.63) is 65.5 Å². The molecule has 3 rings (SSSR count). The van der Waals surface area contributed by atoms with E-state index in [-0.39, 0.29) is 24.1 Å². The first-order valence-electron chi connectivity index (χ1n) is 9.53. The lowest BCUT2D eigenvalue weighted by molar-refractivity contribution is -0.137. The van der Waals surface area contributed by atoms with E-state index in [0.29, 0.717) is 23.0 Å². The molecule has 1 aromatic carbocycles. The summed E-state index contributed by atoms with van der Waals surface area (Å²) >= 11 is 0. The molecule has 0 bridgehead atoms. The van der Waals surface area contributed by atoms with Crippen LogP contribution in [0.5, 0.6) is 0 Å². The Hall–Kier alpha value is -3.41. The number of nitrogens with zero attached hydrogens (tertiary/aromatic N) is 3. The maximum Gasteiger partial charge on any atom is 0.421 e. The number of hydrogen-bond acceptors (Lipinski definition) is 7. The molecule has 0 spiro atoms. The third-order valence-corrected chi connectivity index (χ3v) is 5.57. The van der Waals surface area contributed by atoms with Gasteiger partial charge in [-0.2, -0.15) is 18.2 Å². The molecule has 32 heavy (non-hydrogen) atoms. The molecule has 0 radical (unpaired) electrons. The highest BCUT2D eigenvalue weighted by molar-refractivity contribution is 7.92. The topological polar surface area (TPSA) is 109 Å². The fraction of sp³-hybridized carbons (Fsp3) is 0.250. The Morgan fingerprint density at radius 2 is 1.75 bits per heavy atom. The van der Waals surface area contributed by atoms with Gasteiger partial charge in [-0.05, 0) is 37.6 Å². The average molecular weight is 466 g/mol. The minimum atomic E-state index is -4.69. The van der Waals surface area contributed by atoms with Crippen LogP contribution in [-0.4, -0.2) is 29.1 Å². The van der Waals surface area contributed by atoms with E-state index in [0.717, 1.165) is 0 Å². The van der Waals surface area contributed by atoms with E-state index in [2.05, 4.69) is 30.3 Å². The van der Waals surface area contributed by atoms with E-state index >= 15 is 0 Å². The van der Waals surface area contributed by atoms with Gasteiger partial charge in [0.2, 0.25) is 16.0 Å². The Morgan fingerprint density at radius 3 is 2.41 bits per heavy atom. The van der Waals surface area contributed by atoms with Gasteiger partial charge in [0.05, 0.1) is 5.75 Å². The molecule has 0 aliphatic heterocycles. The van der Waals surface area contributed by atoms with Crippen molar-refractivity contribution in [1.29, 1.82) is 0 Å². The Bertz CT molecular complexity index is 1190. The minimum Gasteiger partial charge on any atom is -0.365 e. The van der Waals surface area contributed by atoms with Crippen molar-refractivity contribution < 1.29 is 21.6 Å². The van der Waals surface area contributed by atoms with Gasteiger partial charge in [-0.1, -0.05) is 18.2 Å². The minimum absolute atomic E-state index is 0.0269. The smallest absolute Gasteiger partial charge is 0.365 e. The number of benzene rings is 1. The predicted octanol–water partition coefficient (Wildman–Crippen LogP) is 4.32. The van der Waals surface area contributed by atoms with Crippen LogP contribution in [0.25, 0.3) is 0 Å². The number of rotatable bonds is 8. The maximum absolute atomic E-state index is 13.5. The van der Waals surface area contributed by atoms with Gasteiger partial charge in [-0.15, -0.1) is 0 Å². The molecule has 0 saturated carbocycles.